The van der Waals surface area contributed by atoms with Gasteiger partial charge in [-0.2, -0.15) is 0 Å². The molecule has 8 heteroatoms. The number of morpholine rings is 1. The van der Waals surface area contributed by atoms with Crippen LogP contribution in [0, 0.1) is 0 Å². The summed E-state index contributed by atoms with van der Waals surface area (Å²) in [6.45, 7) is 3.81. The number of halogens is 2. The molecule has 0 bridgehead atoms. The maximum Gasteiger partial charge on any atom is 0.239 e. The molecule has 1 aromatic carbocycles. The molecule has 2 N–H and O–H groups in total. The van der Waals surface area contributed by atoms with E-state index in [1.807, 2.05) is 38.4 Å². The first-order chi connectivity index (χ1) is 10.6. The highest BCUT2D eigenvalue weighted by Crippen LogP contribution is 2.13. The third kappa shape index (κ3) is 8.17. The molecule has 0 spiro atoms. The maximum absolute atomic E-state index is 12.0. The first-order valence-corrected chi connectivity index (χ1v) is 7.60. The summed E-state index contributed by atoms with van der Waals surface area (Å²) in [6.07, 6.45) is 0. The zero-order chi connectivity index (χ0) is 15.8. The van der Waals surface area contributed by atoms with Gasteiger partial charge in [-0.05, 0) is 31.8 Å². The van der Waals surface area contributed by atoms with Crippen molar-refractivity contribution in [2.75, 3.05) is 47.0 Å². The fourth-order valence-corrected chi connectivity index (χ4v) is 2.14. The summed E-state index contributed by atoms with van der Waals surface area (Å²) in [5, 5.41) is 6.06. The van der Waals surface area contributed by atoms with Gasteiger partial charge < -0.3 is 25.0 Å². The highest BCUT2D eigenvalue weighted by molar-refractivity contribution is 5.85. The van der Waals surface area contributed by atoms with Gasteiger partial charge in [0.2, 0.25) is 5.91 Å². The van der Waals surface area contributed by atoms with Crippen molar-refractivity contribution in [1.29, 1.82) is 0 Å². The molecule has 1 atom stereocenters. The highest BCUT2D eigenvalue weighted by Gasteiger charge is 2.20. The van der Waals surface area contributed by atoms with Gasteiger partial charge in [-0.15, -0.1) is 24.8 Å². The van der Waals surface area contributed by atoms with E-state index in [1.54, 1.807) is 0 Å². The van der Waals surface area contributed by atoms with Crippen LogP contribution in [0.25, 0.3) is 0 Å². The van der Waals surface area contributed by atoms with E-state index in [4.69, 9.17) is 9.47 Å². The Hall–Kier alpha value is -1.05. The topological polar surface area (TPSA) is 62.8 Å². The van der Waals surface area contributed by atoms with Crippen molar-refractivity contribution in [3.63, 3.8) is 0 Å². The Labute approximate surface area is 156 Å². The van der Waals surface area contributed by atoms with Gasteiger partial charge in [0.1, 0.15) is 18.4 Å². The number of carbonyl (C=O) groups excluding carboxylic acids is 1. The van der Waals surface area contributed by atoms with Crippen LogP contribution in [0.15, 0.2) is 24.3 Å². The van der Waals surface area contributed by atoms with Crippen LogP contribution in [0.2, 0.25) is 0 Å². The lowest BCUT2D eigenvalue weighted by Gasteiger charge is -2.22. The Balaban J connectivity index is 0.00000264. The first-order valence-electron chi connectivity index (χ1n) is 7.60. The minimum Gasteiger partial charge on any atom is -0.492 e. The highest BCUT2D eigenvalue weighted by atomic mass is 35.5. The average molecular weight is 380 g/mol. The molecule has 0 aliphatic carbocycles. The van der Waals surface area contributed by atoms with Crippen LogP contribution in [0.4, 0.5) is 0 Å². The zero-order valence-corrected chi connectivity index (χ0v) is 15.8. The number of carbonyl (C=O) groups is 1. The first kappa shape index (κ1) is 22.9. The molecule has 1 unspecified atom stereocenters. The number of hydrogen-bond donors (Lipinski definition) is 2. The number of rotatable bonds is 7. The molecule has 0 radical (unpaired) electrons. The van der Waals surface area contributed by atoms with Crippen molar-refractivity contribution in [2.45, 2.75) is 12.6 Å². The van der Waals surface area contributed by atoms with Gasteiger partial charge in [0.15, 0.2) is 0 Å². The van der Waals surface area contributed by atoms with Crippen LogP contribution in [0.1, 0.15) is 5.56 Å². The van der Waals surface area contributed by atoms with Gasteiger partial charge in [-0.1, -0.05) is 12.1 Å². The quantitative estimate of drug-likeness (QED) is 0.741. The van der Waals surface area contributed by atoms with Crippen LogP contribution >= 0.6 is 24.8 Å². The van der Waals surface area contributed by atoms with Gasteiger partial charge in [0, 0.05) is 19.6 Å². The minimum absolute atomic E-state index is 0. The van der Waals surface area contributed by atoms with E-state index < -0.39 is 0 Å². The summed E-state index contributed by atoms with van der Waals surface area (Å²) in [5.74, 6) is 0.798. The summed E-state index contributed by atoms with van der Waals surface area (Å²) in [6, 6.07) is 7.55. The molecule has 0 saturated carbocycles. The lowest BCUT2D eigenvalue weighted by atomic mass is 10.2. The fourth-order valence-electron chi connectivity index (χ4n) is 2.14. The van der Waals surface area contributed by atoms with E-state index in [0.29, 0.717) is 32.9 Å². The summed E-state index contributed by atoms with van der Waals surface area (Å²) < 4.78 is 11.0. The Bertz CT molecular complexity index is 483. The average Bonchev–Trinajstić information content (AvgIpc) is 2.53. The van der Waals surface area contributed by atoms with Crippen molar-refractivity contribution in [2.24, 2.45) is 0 Å². The molecule has 138 valence electrons. The largest absolute Gasteiger partial charge is 0.492 e. The predicted octanol–water partition coefficient (Wildman–Crippen LogP) is 1.08. The van der Waals surface area contributed by atoms with Gasteiger partial charge in [0.05, 0.1) is 13.2 Å². The van der Waals surface area contributed by atoms with E-state index in [9.17, 15) is 4.79 Å². The van der Waals surface area contributed by atoms with Gasteiger partial charge in [0.25, 0.3) is 0 Å². The smallest absolute Gasteiger partial charge is 0.239 e. The molecule has 1 amide bonds. The van der Waals surface area contributed by atoms with Crippen LogP contribution in [0.3, 0.4) is 0 Å². The van der Waals surface area contributed by atoms with E-state index in [1.165, 1.54) is 0 Å². The maximum atomic E-state index is 12.0. The van der Waals surface area contributed by atoms with E-state index in [0.717, 1.165) is 17.9 Å². The lowest BCUT2D eigenvalue weighted by molar-refractivity contribution is -0.126. The molecule has 1 aliphatic heterocycles. The normalized spacial score (nSPS) is 16.7. The van der Waals surface area contributed by atoms with E-state index in [-0.39, 0.29) is 36.8 Å². The predicted molar refractivity (Wildman–Crippen MR) is 99.4 cm³/mol. The van der Waals surface area contributed by atoms with Crippen molar-refractivity contribution in [1.82, 2.24) is 15.5 Å². The molecule has 1 aromatic rings. The molecule has 1 heterocycles. The molecule has 1 aliphatic rings. The van der Waals surface area contributed by atoms with Crippen LogP contribution in [0.5, 0.6) is 5.75 Å². The third-order valence-electron chi connectivity index (χ3n) is 3.41. The number of ether oxygens (including phenoxy) is 2. The molecule has 1 saturated heterocycles. The number of nitrogens with one attached hydrogen (secondary N) is 2. The molecule has 24 heavy (non-hydrogen) atoms. The minimum atomic E-state index is -0.256. The summed E-state index contributed by atoms with van der Waals surface area (Å²) in [4.78, 5) is 14.1. The number of benzene rings is 1. The van der Waals surface area contributed by atoms with Gasteiger partial charge in [-0.3, -0.25) is 4.79 Å². The monoisotopic (exact) mass is 379 g/mol. The zero-order valence-electron chi connectivity index (χ0n) is 14.1. The Kier molecular flexibility index (Phi) is 11.8. The summed E-state index contributed by atoms with van der Waals surface area (Å²) >= 11 is 0. The number of hydrogen-bond acceptors (Lipinski definition) is 5. The molecule has 2 rings (SSSR count). The van der Waals surface area contributed by atoms with Crippen LogP contribution in [-0.2, 0) is 16.1 Å². The van der Waals surface area contributed by atoms with Crippen LogP contribution < -0.4 is 15.4 Å². The second kappa shape index (κ2) is 12.3. The molecule has 1 fully saturated rings. The van der Waals surface area contributed by atoms with Crippen molar-refractivity contribution in [3.8, 4) is 5.75 Å². The second-order valence-corrected chi connectivity index (χ2v) is 5.60. The summed E-state index contributed by atoms with van der Waals surface area (Å²) in [5.41, 5.74) is 1.02. The lowest BCUT2D eigenvalue weighted by Crippen LogP contribution is -2.51. The number of amides is 1. The number of nitrogens with zero attached hydrogens (tertiary/aromatic N) is 1. The van der Waals surface area contributed by atoms with Crippen molar-refractivity contribution < 1.29 is 14.3 Å². The molecular formula is C16H27Cl2N3O3. The Morgan fingerprint density at radius 2 is 2.21 bits per heavy atom. The van der Waals surface area contributed by atoms with Gasteiger partial charge >= 0.3 is 0 Å². The third-order valence-corrected chi connectivity index (χ3v) is 3.41. The van der Waals surface area contributed by atoms with Crippen molar-refractivity contribution >= 4 is 30.7 Å². The summed E-state index contributed by atoms with van der Waals surface area (Å²) in [7, 11) is 4.02. The van der Waals surface area contributed by atoms with E-state index in [2.05, 4.69) is 15.5 Å². The Morgan fingerprint density at radius 3 is 2.88 bits per heavy atom. The molecule has 6 nitrogen and oxygen atoms in total. The number of likely N-dealkylation sites (N-methyl/N-ethyl adjacent to an activating group) is 1. The second-order valence-electron chi connectivity index (χ2n) is 5.60. The van der Waals surface area contributed by atoms with Gasteiger partial charge in [-0.25, -0.2) is 0 Å². The fraction of sp³-hybridized carbons (Fsp3) is 0.562. The standard InChI is InChI=1S/C16H25N3O3.2ClH/c1-19(2)7-9-22-14-5-3-4-13(10-14)11-18-16(20)15-12-21-8-6-17-15;;/h3-5,10,15,17H,6-9,11-12H2,1-2H3,(H,18,20);2*1H. The van der Waals surface area contributed by atoms with Crippen molar-refractivity contribution in [3.05, 3.63) is 29.8 Å². The molecule has 0 aromatic heterocycles. The van der Waals surface area contributed by atoms with E-state index >= 15 is 0 Å². The van der Waals surface area contributed by atoms with Crippen LogP contribution in [-0.4, -0.2) is 63.9 Å². The molecular weight excluding hydrogens is 353 g/mol. The Morgan fingerprint density at radius 1 is 1.42 bits per heavy atom. The SMILES string of the molecule is CN(C)CCOc1cccc(CNC(=O)C2COCCN2)c1.Cl.Cl.